The first-order valence-electron chi connectivity index (χ1n) is 4.59. The molecule has 0 fully saturated rings. The number of rotatable bonds is 5. The molecule has 1 aromatic rings. The van der Waals surface area contributed by atoms with Crippen LogP contribution in [0.3, 0.4) is 0 Å². The molecule has 0 aliphatic rings. The maximum atomic E-state index is 4.40. The summed E-state index contributed by atoms with van der Waals surface area (Å²) in [6.07, 6.45) is 3.86. The Balaban J connectivity index is 2.44. The fourth-order valence-electron chi connectivity index (χ4n) is 1.06. The van der Waals surface area contributed by atoms with Crippen LogP contribution in [0.5, 0.6) is 0 Å². The van der Waals surface area contributed by atoms with Crippen molar-refractivity contribution in [1.29, 1.82) is 0 Å². The minimum Gasteiger partial charge on any atom is -0.308 e. The van der Waals surface area contributed by atoms with Crippen molar-refractivity contribution in [3.05, 3.63) is 30.6 Å². The second-order valence-electron chi connectivity index (χ2n) is 3.30. The molecule has 1 N–H and O–H groups in total. The maximum absolute atomic E-state index is 4.40. The van der Waals surface area contributed by atoms with Gasteiger partial charge in [0.05, 0.1) is 5.69 Å². The molecule has 0 aromatic carbocycles. The third-order valence-corrected chi connectivity index (χ3v) is 1.79. The molecule has 0 bridgehead atoms. The van der Waals surface area contributed by atoms with Gasteiger partial charge in [-0.2, -0.15) is 5.10 Å². The number of hydrogen-bond acceptors (Lipinski definition) is 2. The molecule has 0 amide bonds. The Morgan fingerprint density at radius 2 is 2.46 bits per heavy atom. The van der Waals surface area contributed by atoms with Crippen LogP contribution in [0, 0.1) is 0 Å². The van der Waals surface area contributed by atoms with Crippen LogP contribution in [0.25, 0.3) is 0 Å². The molecule has 1 aromatic heterocycles. The van der Waals surface area contributed by atoms with Crippen molar-refractivity contribution < 1.29 is 0 Å². The molecular weight excluding hydrogens is 162 g/mol. The summed E-state index contributed by atoms with van der Waals surface area (Å²) in [6, 6.07) is 2.48. The van der Waals surface area contributed by atoms with Crippen LogP contribution in [-0.2, 0) is 6.54 Å². The first-order valence-corrected chi connectivity index (χ1v) is 4.59. The summed E-state index contributed by atoms with van der Waals surface area (Å²) in [4.78, 5) is 0. The highest BCUT2D eigenvalue weighted by atomic mass is 15.3. The largest absolute Gasteiger partial charge is 0.308 e. The molecule has 0 saturated heterocycles. The van der Waals surface area contributed by atoms with Crippen molar-refractivity contribution in [3.63, 3.8) is 0 Å². The van der Waals surface area contributed by atoms with Crippen molar-refractivity contribution in [2.45, 2.75) is 26.4 Å². The first-order chi connectivity index (χ1) is 6.24. The second-order valence-corrected chi connectivity index (χ2v) is 3.30. The van der Waals surface area contributed by atoms with Crippen LogP contribution < -0.4 is 5.32 Å². The van der Waals surface area contributed by atoms with Gasteiger partial charge in [0.25, 0.3) is 0 Å². The van der Waals surface area contributed by atoms with E-state index in [2.05, 4.69) is 30.8 Å². The molecule has 0 saturated carbocycles. The van der Waals surface area contributed by atoms with Gasteiger partial charge >= 0.3 is 0 Å². The van der Waals surface area contributed by atoms with Crippen molar-refractivity contribution in [2.75, 3.05) is 6.54 Å². The Bertz CT molecular complexity index is 263. The lowest BCUT2D eigenvalue weighted by Crippen LogP contribution is -2.13. The normalized spacial score (nSPS) is 10.7. The van der Waals surface area contributed by atoms with Gasteiger partial charge in [-0.15, -0.1) is 6.58 Å². The van der Waals surface area contributed by atoms with Crippen molar-refractivity contribution in [1.82, 2.24) is 15.1 Å². The van der Waals surface area contributed by atoms with Crippen LogP contribution >= 0.6 is 0 Å². The standard InChI is InChI=1S/C10H17N3/c1-4-6-11-8-10-5-7-13(12-10)9(2)3/h4-5,7,9,11H,1,6,8H2,2-3H3. The minimum atomic E-state index is 0.438. The molecule has 0 aliphatic heterocycles. The zero-order valence-corrected chi connectivity index (χ0v) is 8.33. The van der Waals surface area contributed by atoms with Crippen molar-refractivity contribution >= 4 is 0 Å². The summed E-state index contributed by atoms with van der Waals surface area (Å²) in [5.41, 5.74) is 1.08. The molecule has 0 atom stereocenters. The zero-order valence-electron chi connectivity index (χ0n) is 8.33. The lowest BCUT2D eigenvalue weighted by atomic mass is 10.4. The topological polar surface area (TPSA) is 29.9 Å². The highest BCUT2D eigenvalue weighted by Crippen LogP contribution is 2.03. The lowest BCUT2D eigenvalue weighted by molar-refractivity contribution is 0.523. The molecule has 1 heterocycles. The van der Waals surface area contributed by atoms with Gasteiger partial charge < -0.3 is 5.32 Å². The number of aromatic nitrogens is 2. The molecule has 0 spiro atoms. The smallest absolute Gasteiger partial charge is 0.0762 e. The lowest BCUT2D eigenvalue weighted by Gasteiger charge is -2.03. The van der Waals surface area contributed by atoms with Gasteiger partial charge in [-0.3, -0.25) is 4.68 Å². The first kappa shape index (κ1) is 9.99. The molecule has 72 valence electrons. The second kappa shape index (κ2) is 4.82. The van der Waals surface area contributed by atoms with Crippen LogP contribution in [0.4, 0.5) is 0 Å². The van der Waals surface area contributed by atoms with Gasteiger partial charge in [0, 0.05) is 25.3 Å². The molecule has 1 rings (SSSR count). The minimum absolute atomic E-state index is 0.438. The van der Waals surface area contributed by atoms with E-state index in [0.29, 0.717) is 6.04 Å². The Morgan fingerprint density at radius 1 is 1.69 bits per heavy atom. The van der Waals surface area contributed by atoms with E-state index in [4.69, 9.17) is 0 Å². The molecule has 0 radical (unpaired) electrons. The van der Waals surface area contributed by atoms with Gasteiger partial charge in [-0.25, -0.2) is 0 Å². The van der Waals surface area contributed by atoms with Gasteiger partial charge in [-0.1, -0.05) is 6.08 Å². The SMILES string of the molecule is C=CCNCc1ccn(C(C)C)n1. The predicted molar refractivity (Wildman–Crippen MR) is 54.5 cm³/mol. The number of nitrogens with one attached hydrogen (secondary N) is 1. The van der Waals surface area contributed by atoms with Crippen LogP contribution in [-0.4, -0.2) is 16.3 Å². The average Bonchev–Trinajstić information content (AvgIpc) is 2.53. The Hall–Kier alpha value is -1.09. The van der Waals surface area contributed by atoms with E-state index < -0.39 is 0 Å². The zero-order chi connectivity index (χ0) is 9.68. The van der Waals surface area contributed by atoms with Crippen molar-refractivity contribution in [3.8, 4) is 0 Å². The van der Waals surface area contributed by atoms with E-state index in [1.165, 1.54) is 0 Å². The molecule has 3 heteroatoms. The molecule has 0 unspecified atom stereocenters. The fraction of sp³-hybridized carbons (Fsp3) is 0.500. The summed E-state index contributed by atoms with van der Waals surface area (Å²) in [5.74, 6) is 0. The van der Waals surface area contributed by atoms with Crippen molar-refractivity contribution in [2.24, 2.45) is 0 Å². The number of hydrogen-bond donors (Lipinski definition) is 1. The van der Waals surface area contributed by atoms with Crippen LogP contribution in [0.1, 0.15) is 25.6 Å². The van der Waals surface area contributed by atoms with E-state index in [9.17, 15) is 0 Å². The van der Waals surface area contributed by atoms with Gasteiger partial charge in [0.2, 0.25) is 0 Å². The Kier molecular flexibility index (Phi) is 3.71. The third kappa shape index (κ3) is 3.03. The number of nitrogens with zero attached hydrogens (tertiary/aromatic N) is 2. The summed E-state index contributed by atoms with van der Waals surface area (Å²) in [5, 5.41) is 7.61. The molecule has 3 nitrogen and oxygen atoms in total. The van der Waals surface area contributed by atoms with E-state index >= 15 is 0 Å². The van der Waals surface area contributed by atoms with Gasteiger partial charge in [0.1, 0.15) is 0 Å². The monoisotopic (exact) mass is 179 g/mol. The Labute approximate surface area is 79.5 Å². The average molecular weight is 179 g/mol. The predicted octanol–water partition coefficient (Wildman–Crippen LogP) is 1.74. The Morgan fingerprint density at radius 3 is 3.00 bits per heavy atom. The summed E-state index contributed by atoms with van der Waals surface area (Å²) in [6.45, 7) is 9.51. The molecule has 0 aliphatic carbocycles. The summed E-state index contributed by atoms with van der Waals surface area (Å²) >= 11 is 0. The third-order valence-electron chi connectivity index (χ3n) is 1.79. The maximum Gasteiger partial charge on any atom is 0.0762 e. The van der Waals surface area contributed by atoms with Gasteiger partial charge in [-0.05, 0) is 19.9 Å². The van der Waals surface area contributed by atoms with E-state index in [1.54, 1.807) is 0 Å². The van der Waals surface area contributed by atoms with E-state index in [1.807, 2.05) is 23.0 Å². The highest BCUT2D eigenvalue weighted by molar-refractivity contribution is 4.99. The molecule has 13 heavy (non-hydrogen) atoms. The fourth-order valence-corrected chi connectivity index (χ4v) is 1.06. The highest BCUT2D eigenvalue weighted by Gasteiger charge is 2.00. The quantitative estimate of drug-likeness (QED) is 0.551. The van der Waals surface area contributed by atoms with E-state index in [-0.39, 0.29) is 0 Å². The van der Waals surface area contributed by atoms with E-state index in [0.717, 1.165) is 18.8 Å². The summed E-state index contributed by atoms with van der Waals surface area (Å²) in [7, 11) is 0. The van der Waals surface area contributed by atoms with Crippen LogP contribution in [0.15, 0.2) is 24.9 Å². The summed E-state index contributed by atoms with van der Waals surface area (Å²) < 4.78 is 1.96. The molecular formula is C10H17N3. The van der Waals surface area contributed by atoms with Gasteiger partial charge in [0.15, 0.2) is 0 Å². The van der Waals surface area contributed by atoms with Crippen LogP contribution in [0.2, 0.25) is 0 Å².